The van der Waals surface area contributed by atoms with Crippen LogP contribution in [0.4, 0.5) is 0 Å². The van der Waals surface area contributed by atoms with Crippen molar-refractivity contribution >= 4 is 11.9 Å². The lowest BCUT2D eigenvalue weighted by molar-refractivity contribution is -0.143. The largest absolute Gasteiger partial charge is 0.497 e. The normalized spacial score (nSPS) is 12.4. The Morgan fingerprint density at radius 3 is 2.26 bits per heavy atom. The zero-order valence-electron chi connectivity index (χ0n) is 16.6. The van der Waals surface area contributed by atoms with Crippen molar-refractivity contribution in [1.29, 1.82) is 0 Å². The fourth-order valence-electron chi connectivity index (χ4n) is 2.33. The second-order valence-electron chi connectivity index (χ2n) is 6.23. The van der Waals surface area contributed by atoms with Crippen LogP contribution in [0.15, 0.2) is 36.1 Å². The third-order valence-electron chi connectivity index (χ3n) is 3.59. The Balaban J connectivity index is 2.89. The average molecular weight is 379 g/mol. The first-order valence-electron chi connectivity index (χ1n) is 8.90. The van der Waals surface area contributed by atoms with Gasteiger partial charge in [-0.15, -0.1) is 0 Å². The first kappa shape index (κ1) is 22.5. The van der Waals surface area contributed by atoms with Crippen LogP contribution in [0.25, 0.3) is 0 Å². The second-order valence-corrected chi connectivity index (χ2v) is 6.23. The van der Waals surface area contributed by atoms with Crippen molar-refractivity contribution < 1.29 is 28.5 Å². The molecule has 0 fully saturated rings. The van der Waals surface area contributed by atoms with Crippen molar-refractivity contribution in [3.05, 3.63) is 36.1 Å². The highest BCUT2D eigenvalue weighted by Gasteiger charge is 2.21. The SMILES string of the molecule is CCOC(=O)/C=C(\CN[C@@H](CC(C)C)C(=O)OC)Oc1ccc(OC)cc1. The molecule has 0 saturated heterocycles. The van der Waals surface area contributed by atoms with Gasteiger partial charge in [0.2, 0.25) is 0 Å². The fraction of sp³-hybridized carbons (Fsp3) is 0.500. The average Bonchev–Trinajstić information content (AvgIpc) is 2.64. The number of benzene rings is 1. The van der Waals surface area contributed by atoms with E-state index in [4.69, 9.17) is 18.9 Å². The van der Waals surface area contributed by atoms with Crippen molar-refractivity contribution in [2.24, 2.45) is 5.92 Å². The van der Waals surface area contributed by atoms with Crippen LogP contribution in [0.3, 0.4) is 0 Å². The highest BCUT2D eigenvalue weighted by Crippen LogP contribution is 2.19. The molecule has 0 aliphatic rings. The summed E-state index contributed by atoms with van der Waals surface area (Å²) in [4.78, 5) is 23.8. The standard InChI is InChI=1S/C20H29NO6/c1-6-26-19(22)12-17(27-16-9-7-15(24-4)8-10-16)13-21-18(11-14(2)3)20(23)25-5/h7-10,12,14,18,21H,6,11,13H2,1-5H3/b17-12+/t18-/m0/s1. The fourth-order valence-corrected chi connectivity index (χ4v) is 2.33. The van der Waals surface area contributed by atoms with Crippen LogP contribution in [0.2, 0.25) is 0 Å². The van der Waals surface area contributed by atoms with Gasteiger partial charge in [-0.25, -0.2) is 4.79 Å². The van der Waals surface area contributed by atoms with E-state index < -0.39 is 12.0 Å². The summed E-state index contributed by atoms with van der Waals surface area (Å²) in [7, 11) is 2.92. The Morgan fingerprint density at radius 1 is 1.11 bits per heavy atom. The molecular weight excluding hydrogens is 350 g/mol. The molecule has 0 heterocycles. The molecule has 0 unspecified atom stereocenters. The van der Waals surface area contributed by atoms with Crippen LogP contribution in [-0.2, 0) is 19.1 Å². The van der Waals surface area contributed by atoms with E-state index in [9.17, 15) is 9.59 Å². The lowest BCUT2D eigenvalue weighted by atomic mass is 10.0. The van der Waals surface area contributed by atoms with Crippen molar-refractivity contribution in [3.63, 3.8) is 0 Å². The minimum Gasteiger partial charge on any atom is -0.497 e. The maximum Gasteiger partial charge on any atom is 0.334 e. The molecule has 0 amide bonds. The number of ether oxygens (including phenoxy) is 4. The van der Waals surface area contributed by atoms with E-state index in [1.54, 1.807) is 38.3 Å². The van der Waals surface area contributed by atoms with Crippen LogP contribution < -0.4 is 14.8 Å². The summed E-state index contributed by atoms with van der Waals surface area (Å²) in [5.41, 5.74) is 0. The van der Waals surface area contributed by atoms with E-state index in [0.29, 0.717) is 29.6 Å². The zero-order chi connectivity index (χ0) is 20.2. The van der Waals surface area contributed by atoms with Crippen molar-refractivity contribution in [1.82, 2.24) is 5.32 Å². The molecule has 7 heteroatoms. The number of rotatable bonds is 11. The smallest absolute Gasteiger partial charge is 0.334 e. The van der Waals surface area contributed by atoms with Gasteiger partial charge in [-0.3, -0.25) is 10.1 Å². The highest BCUT2D eigenvalue weighted by atomic mass is 16.5. The molecule has 0 saturated carbocycles. The molecule has 1 aromatic rings. The van der Waals surface area contributed by atoms with Crippen LogP contribution >= 0.6 is 0 Å². The van der Waals surface area contributed by atoms with Gasteiger partial charge in [-0.2, -0.15) is 0 Å². The number of hydrogen-bond donors (Lipinski definition) is 1. The van der Waals surface area contributed by atoms with E-state index in [0.717, 1.165) is 0 Å². The molecule has 1 N–H and O–H groups in total. The molecular formula is C20H29NO6. The van der Waals surface area contributed by atoms with E-state index in [-0.39, 0.29) is 19.1 Å². The summed E-state index contributed by atoms with van der Waals surface area (Å²) in [6, 6.07) is 6.45. The monoisotopic (exact) mass is 379 g/mol. The van der Waals surface area contributed by atoms with Gasteiger partial charge in [0.15, 0.2) is 0 Å². The molecule has 1 atom stereocenters. The minimum absolute atomic E-state index is 0.164. The maximum atomic E-state index is 12.0. The first-order valence-corrected chi connectivity index (χ1v) is 8.90. The molecule has 0 spiro atoms. The Labute approximate surface area is 160 Å². The summed E-state index contributed by atoms with van der Waals surface area (Å²) >= 11 is 0. The predicted molar refractivity (Wildman–Crippen MR) is 102 cm³/mol. The van der Waals surface area contributed by atoms with Crippen molar-refractivity contribution in [2.45, 2.75) is 33.2 Å². The molecule has 0 aliphatic heterocycles. The molecule has 0 bridgehead atoms. The van der Waals surface area contributed by atoms with Crippen molar-refractivity contribution in [2.75, 3.05) is 27.4 Å². The molecule has 150 valence electrons. The number of esters is 2. The highest BCUT2D eigenvalue weighted by molar-refractivity contribution is 5.82. The van der Waals surface area contributed by atoms with Crippen LogP contribution in [0.5, 0.6) is 11.5 Å². The Hall–Kier alpha value is -2.54. The van der Waals surface area contributed by atoms with E-state index in [2.05, 4.69) is 5.32 Å². The van der Waals surface area contributed by atoms with E-state index in [1.807, 2.05) is 13.8 Å². The van der Waals surface area contributed by atoms with Gasteiger partial charge in [0.25, 0.3) is 0 Å². The van der Waals surface area contributed by atoms with Gasteiger partial charge in [-0.05, 0) is 43.5 Å². The number of carbonyl (C=O) groups excluding carboxylic acids is 2. The van der Waals surface area contributed by atoms with Crippen LogP contribution in [-0.4, -0.2) is 45.4 Å². The third-order valence-corrected chi connectivity index (χ3v) is 3.59. The second kappa shape index (κ2) is 12.0. The molecule has 27 heavy (non-hydrogen) atoms. The zero-order valence-corrected chi connectivity index (χ0v) is 16.6. The molecule has 0 aromatic heterocycles. The van der Waals surface area contributed by atoms with E-state index in [1.165, 1.54) is 13.2 Å². The number of carbonyl (C=O) groups is 2. The quantitative estimate of drug-likeness (QED) is 0.359. The summed E-state index contributed by atoms with van der Waals surface area (Å²) < 4.78 is 20.7. The van der Waals surface area contributed by atoms with E-state index >= 15 is 0 Å². The summed E-state index contributed by atoms with van der Waals surface area (Å²) in [6.45, 7) is 6.18. The topological polar surface area (TPSA) is 83.1 Å². The van der Waals surface area contributed by atoms with Gasteiger partial charge in [-0.1, -0.05) is 13.8 Å². The first-order chi connectivity index (χ1) is 12.9. The minimum atomic E-state index is -0.513. The lowest BCUT2D eigenvalue weighted by Gasteiger charge is -2.19. The summed E-state index contributed by atoms with van der Waals surface area (Å²) in [5, 5.41) is 3.09. The Kier molecular flexibility index (Phi) is 9.96. The van der Waals surface area contributed by atoms with Gasteiger partial charge >= 0.3 is 11.9 Å². The Morgan fingerprint density at radius 2 is 1.74 bits per heavy atom. The van der Waals surface area contributed by atoms with Gasteiger partial charge in [0.05, 0.1) is 33.4 Å². The number of methoxy groups -OCH3 is 2. The molecule has 1 rings (SSSR count). The third kappa shape index (κ3) is 8.59. The van der Waals surface area contributed by atoms with Gasteiger partial charge in [0, 0.05) is 0 Å². The molecule has 0 aliphatic carbocycles. The molecule has 1 aromatic carbocycles. The van der Waals surface area contributed by atoms with Gasteiger partial charge in [0.1, 0.15) is 23.3 Å². The molecule has 0 radical (unpaired) electrons. The lowest BCUT2D eigenvalue weighted by Crippen LogP contribution is -2.40. The Bertz CT molecular complexity index is 624. The van der Waals surface area contributed by atoms with Crippen LogP contribution in [0, 0.1) is 5.92 Å². The van der Waals surface area contributed by atoms with Crippen molar-refractivity contribution in [3.8, 4) is 11.5 Å². The maximum absolute atomic E-state index is 12.0. The predicted octanol–water partition coefficient (Wildman–Crippen LogP) is 2.70. The van der Waals surface area contributed by atoms with Gasteiger partial charge < -0.3 is 18.9 Å². The summed E-state index contributed by atoms with van der Waals surface area (Å²) in [5.74, 6) is 0.980. The molecule has 7 nitrogen and oxygen atoms in total. The number of hydrogen-bond acceptors (Lipinski definition) is 7. The summed E-state index contributed by atoms with van der Waals surface area (Å²) in [6.07, 6.45) is 1.87. The van der Waals surface area contributed by atoms with Crippen LogP contribution in [0.1, 0.15) is 27.2 Å². The number of nitrogens with one attached hydrogen (secondary N) is 1.